The zero-order chi connectivity index (χ0) is 24.3. The lowest BCUT2D eigenvalue weighted by molar-refractivity contribution is -0.118. The molecule has 1 aromatic heterocycles. The van der Waals surface area contributed by atoms with Crippen molar-refractivity contribution < 1.29 is 36.7 Å². The summed E-state index contributed by atoms with van der Waals surface area (Å²) < 4.78 is 42.0. The summed E-state index contributed by atoms with van der Waals surface area (Å²) in [6, 6.07) is 13.3. The largest absolute Gasteiger partial charge is 0.484 e. The zero-order valence-corrected chi connectivity index (χ0v) is 18.5. The van der Waals surface area contributed by atoms with E-state index in [1.54, 1.807) is 24.3 Å². The Hall–Kier alpha value is -4.38. The highest BCUT2D eigenvalue weighted by molar-refractivity contribution is 7.90. The van der Waals surface area contributed by atoms with Crippen LogP contribution in [0.3, 0.4) is 0 Å². The molecule has 1 aliphatic heterocycles. The number of ether oxygens (including phenoxy) is 2. The molecule has 11 heteroatoms. The number of amides is 2. The van der Waals surface area contributed by atoms with Gasteiger partial charge in [0.25, 0.3) is 15.9 Å². The number of hydrogen-bond acceptors (Lipinski definition) is 8. The van der Waals surface area contributed by atoms with E-state index in [1.807, 2.05) is 4.72 Å². The summed E-state index contributed by atoms with van der Waals surface area (Å²) in [6.07, 6.45) is 2.97. The topological polar surface area (TPSA) is 141 Å². The van der Waals surface area contributed by atoms with E-state index >= 15 is 0 Å². The SMILES string of the molecule is CC(=O)NS(=O)(=O)c1ccc(NC(=O)COc2ccc3c(c2)OC(=Cc2ccco2)C3=O)cc1. The number of rotatable bonds is 7. The summed E-state index contributed by atoms with van der Waals surface area (Å²) in [4.78, 5) is 35.5. The molecule has 2 heterocycles. The van der Waals surface area contributed by atoms with Crippen LogP contribution in [0, 0.1) is 0 Å². The number of sulfonamides is 1. The molecule has 10 nitrogen and oxygen atoms in total. The quantitative estimate of drug-likeness (QED) is 0.490. The number of Topliss-reactive ketones (excluding diaryl/α,β-unsaturated/α-hetero) is 1. The van der Waals surface area contributed by atoms with Gasteiger partial charge in [-0.05, 0) is 48.5 Å². The van der Waals surface area contributed by atoms with Gasteiger partial charge < -0.3 is 19.2 Å². The minimum absolute atomic E-state index is 0.115. The first-order chi connectivity index (χ1) is 16.2. The van der Waals surface area contributed by atoms with Crippen molar-refractivity contribution in [2.75, 3.05) is 11.9 Å². The molecule has 0 unspecified atom stereocenters. The lowest BCUT2D eigenvalue weighted by atomic mass is 10.1. The first-order valence-corrected chi connectivity index (χ1v) is 11.4. The second-order valence-electron chi connectivity index (χ2n) is 7.14. The highest BCUT2D eigenvalue weighted by atomic mass is 32.2. The molecule has 2 aromatic carbocycles. The standard InChI is InChI=1S/C23H18N2O8S/c1-14(26)25-34(29,30)18-7-4-15(5-8-18)24-22(27)13-32-17-6-9-19-20(11-17)33-21(23(19)28)12-16-3-2-10-31-16/h2-12H,13H2,1H3,(H,24,27)(H,25,26). The fourth-order valence-electron chi connectivity index (χ4n) is 3.07. The van der Waals surface area contributed by atoms with Crippen molar-refractivity contribution in [3.63, 3.8) is 0 Å². The highest BCUT2D eigenvalue weighted by Crippen LogP contribution is 2.34. The Bertz CT molecular complexity index is 1390. The number of nitrogens with one attached hydrogen (secondary N) is 2. The van der Waals surface area contributed by atoms with Gasteiger partial charge in [-0.3, -0.25) is 14.4 Å². The minimum atomic E-state index is -3.96. The van der Waals surface area contributed by atoms with Gasteiger partial charge in [-0.2, -0.15) is 0 Å². The number of hydrogen-bond donors (Lipinski definition) is 2. The van der Waals surface area contributed by atoms with Crippen molar-refractivity contribution in [1.29, 1.82) is 0 Å². The molecule has 0 saturated heterocycles. The van der Waals surface area contributed by atoms with Crippen LogP contribution in [0.1, 0.15) is 23.0 Å². The van der Waals surface area contributed by atoms with E-state index in [-0.39, 0.29) is 23.0 Å². The Morgan fingerprint density at radius 1 is 1.09 bits per heavy atom. The van der Waals surface area contributed by atoms with E-state index in [0.29, 0.717) is 28.5 Å². The van der Waals surface area contributed by atoms with Crippen molar-refractivity contribution in [3.05, 3.63) is 77.9 Å². The van der Waals surface area contributed by atoms with Gasteiger partial charge in [0.2, 0.25) is 11.7 Å². The third-order valence-electron chi connectivity index (χ3n) is 4.55. The van der Waals surface area contributed by atoms with Gasteiger partial charge in [0.1, 0.15) is 17.3 Å². The van der Waals surface area contributed by atoms with E-state index < -0.39 is 21.8 Å². The van der Waals surface area contributed by atoms with Crippen LogP contribution in [0.25, 0.3) is 6.08 Å². The fourth-order valence-corrected chi connectivity index (χ4v) is 4.06. The smallest absolute Gasteiger partial charge is 0.264 e. The fraction of sp³-hybridized carbons (Fsp3) is 0.0870. The summed E-state index contributed by atoms with van der Waals surface area (Å²) in [5.74, 6) is -0.281. The maximum atomic E-state index is 12.4. The number of furan rings is 1. The van der Waals surface area contributed by atoms with Gasteiger partial charge in [0, 0.05) is 24.8 Å². The third-order valence-corrected chi connectivity index (χ3v) is 6.00. The average Bonchev–Trinajstić information content (AvgIpc) is 3.40. The molecule has 1 aliphatic rings. The van der Waals surface area contributed by atoms with Crippen molar-refractivity contribution >= 4 is 39.4 Å². The van der Waals surface area contributed by atoms with Crippen LogP contribution in [-0.4, -0.2) is 32.6 Å². The summed E-state index contributed by atoms with van der Waals surface area (Å²) in [5.41, 5.74) is 0.704. The molecule has 0 bridgehead atoms. The van der Waals surface area contributed by atoms with E-state index in [2.05, 4.69) is 5.32 Å². The van der Waals surface area contributed by atoms with Crippen molar-refractivity contribution in [1.82, 2.24) is 4.72 Å². The molecule has 0 saturated carbocycles. The molecule has 2 amide bonds. The molecule has 0 fully saturated rings. The average molecular weight is 482 g/mol. The third kappa shape index (κ3) is 5.15. The normalized spacial score (nSPS) is 13.8. The monoisotopic (exact) mass is 482 g/mol. The summed E-state index contributed by atoms with van der Waals surface area (Å²) >= 11 is 0. The molecular formula is C23H18N2O8S. The van der Waals surface area contributed by atoms with E-state index in [4.69, 9.17) is 13.9 Å². The Balaban J connectivity index is 1.35. The van der Waals surface area contributed by atoms with E-state index in [0.717, 1.165) is 6.92 Å². The Kier molecular flexibility index (Phi) is 6.19. The van der Waals surface area contributed by atoms with Crippen molar-refractivity contribution in [2.45, 2.75) is 11.8 Å². The van der Waals surface area contributed by atoms with Gasteiger partial charge in [-0.1, -0.05) is 0 Å². The predicted molar refractivity (Wildman–Crippen MR) is 120 cm³/mol. The molecule has 0 atom stereocenters. The van der Waals surface area contributed by atoms with Gasteiger partial charge in [0.15, 0.2) is 12.4 Å². The van der Waals surface area contributed by atoms with Crippen LogP contribution in [0.2, 0.25) is 0 Å². The molecule has 3 aromatic rings. The molecule has 2 N–H and O–H groups in total. The predicted octanol–water partition coefficient (Wildman–Crippen LogP) is 2.74. The lowest BCUT2D eigenvalue weighted by Crippen LogP contribution is -2.28. The van der Waals surface area contributed by atoms with Crippen LogP contribution in [0.15, 0.2) is 75.9 Å². The van der Waals surface area contributed by atoms with Crippen LogP contribution in [0.5, 0.6) is 11.5 Å². The number of allylic oxidation sites excluding steroid dienone is 1. The number of fused-ring (bicyclic) bond motifs is 1. The summed E-state index contributed by atoms with van der Waals surface area (Å²) in [7, 11) is -3.96. The van der Waals surface area contributed by atoms with Crippen LogP contribution < -0.4 is 19.5 Å². The van der Waals surface area contributed by atoms with Crippen molar-refractivity contribution in [3.8, 4) is 11.5 Å². The maximum absolute atomic E-state index is 12.4. The number of benzene rings is 2. The van der Waals surface area contributed by atoms with Crippen LogP contribution in [-0.2, 0) is 19.6 Å². The number of carbonyl (C=O) groups excluding carboxylic acids is 3. The summed E-state index contributed by atoms with van der Waals surface area (Å²) in [6.45, 7) is 0.751. The number of anilines is 1. The number of ketones is 1. The van der Waals surface area contributed by atoms with Gasteiger partial charge >= 0.3 is 0 Å². The molecule has 0 aliphatic carbocycles. The number of carbonyl (C=O) groups is 3. The molecule has 0 spiro atoms. The Labute approximate surface area is 194 Å². The van der Waals surface area contributed by atoms with E-state index in [9.17, 15) is 22.8 Å². The summed E-state index contributed by atoms with van der Waals surface area (Å²) in [5, 5.41) is 2.57. The zero-order valence-electron chi connectivity index (χ0n) is 17.7. The van der Waals surface area contributed by atoms with Gasteiger partial charge in [-0.15, -0.1) is 0 Å². The molecule has 0 radical (unpaired) electrons. The van der Waals surface area contributed by atoms with E-state index in [1.165, 1.54) is 42.7 Å². The first-order valence-electron chi connectivity index (χ1n) is 9.89. The van der Waals surface area contributed by atoms with Crippen LogP contribution >= 0.6 is 0 Å². The Morgan fingerprint density at radius 2 is 1.85 bits per heavy atom. The second kappa shape index (κ2) is 9.24. The molecule has 34 heavy (non-hydrogen) atoms. The minimum Gasteiger partial charge on any atom is -0.484 e. The molecular weight excluding hydrogens is 464 g/mol. The lowest BCUT2D eigenvalue weighted by Gasteiger charge is -2.09. The Morgan fingerprint density at radius 3 is 2.53 bits per heavy atom. The molecule has 4 rings (SSSR count). The maximum Gasteiger partial charge on any atom is 0.264 e. The van der Waals surface area contributed by atoms with Crippen molar-refractivity contribution in [2.24, 2.45) is 0 Å². The highest BCUT2D eigenvalue weighted by Gasteiger charge is 2.28. The second-order valence-corrected chi connectivity index (χ2v) is 8.82. The van der Waals surface area contributed by atoms with Gasteiger partial charge in [0.05, 0.1) is 16.7 Å². The van der Waals surface area contributed by atoms with Gasteiger partial charge in [-0.25, -0.2) is 13.1 Å². The van der Waals surface area contributed by atoms with Crippen LogP contribution in [0.4, 0.5) is 5.69 Å². The molecule has 174 valence electrons. The first kappa shape index (κ1) is 22.8.